The number of hydrogen-bond acceptors (Lipinski definition) is 5. The number of ether oxygens (including phenoxy) is 1. The van der Waals surface area contributed by atoms with Gasteiger partial charge in [-0.1, -0.05) is 42.9 Å². The van der Waals surface area contributed by atoms with Gasteiger partial charge in [-0.3, -0.25) is 14.5 Å². The first kappa shape index (κ1) is 19.2. The number of aromatic nitrogens is 1. The number of anilines is 2. The molecule has 1 aromatic heterocycles. The number of carbonyl (C=O) groups excluding carboxylic acids is 2. The second kappa shape index (κ2) is 8.31. The molecule has 6 nitrogen and oxygen atoms in total. The molecule has 134 valence electrons. The summed E-state index contributed by atoms with van der Waals surface area (Å²) in [7, 11) is 0. The van der Waals surface area contributed by atoms with E-state index in [1.54, 1.807) is 6.07 Å². The van der Waals surface area contributed by atoms with Gasteiger partial charge in [-0.25, -0.2) is 4.98 Å². The fourth-order valence-electron chi connectivity index (χ4n) is 2.10. The Bertz CT molecular complexity index is 776. The molecule has 0 saturated heterocycles. The van der Waals surface area contributed by atoms with Crippen molar-refractivity contribution in [3.05, 3.63) is 34.3 Å². The van der Waals surface area contributed by atoms with Crippen LogP contribution in [0.15, 0.2) is 24.4 Å². The lowest BCUT2D eigenvalue weighted by Crippen LogP contribution is -2.30. The predicted octanol–water partition coefficient (Wildman–Crippen LogP) is 3.68. The second-order valence-corrected chi connectivity index (χ2v) is 7.64. The molecule has 25 heavy (non-hydrogen) atoms. The molecule has 0 saturated carbocycles. The summed E-state index contributed by atoms with van der Waals surface area (Å²) in [6.07, 6.45) is 1.02. The zero-order valence-electron chi connectivity index (χ0n) is 14.3. The minimum atomic E-state index is -0.714. The van der Waals surface area contributed by atoms with Crippen molar-refractivity contribution in [2.45, 2.75) is 27.2 Å². The molecule has 1 aromatic carbocycles. The molecule has 0 atom stereocenters. The number of aryl methyl sites for hydroxylation is 1. The van der Waals surface area contributed by atoms with Crippen molar-refractivity contribution in [2.24, 2.45) is 11.7 Å². The van der Waals surface area contributed by atoms with Gasteiger partial charge in [0.15, 0.2) is 5.13 Å². The minimum absolute atomic E-state index is 0.317. The zero-order chi connectivity index (χ0) is 18.6. The molecule has 0 bridgehead atoms. The molecule has 2 amide bonds. The van der Waals surface area contributed by atoms with Crippen LogP contribution in [0.5, 0.6) is 5.75 Å². The summed E-state index contributed by atoms with van der Waals surface area (Å²) >= 11 is 7.10. The first-order valence-corrected chi connectivity index (χ1v) is 8.93. The van der Waals surface area contributed by atoms with Gasteiger partial charge in [0, 0.05) is 0 Å². The molecule has 0 unspecified atom stereocenters. The van der Waals surface area contributed by atoms with E-state index in [9.17, 15) is 9.59 Å². The molecule has 0 aliphatic rings. The van der Waals surface area contributed by atoms with E-state index in [2.05, 4.69) is 4.98 Å². The quantitative estimate of drug-likeness (QED) is 0.741. The van der Waals surface area contributed by atoms with Crippen LogP contribution in [-0.2, 0) is 9.59 Å². The smallest absolute Gasteiger partial charge is 0.242 e. The van der Waals surface area contributed by atoms with Crippen LogP contribution < -0.4 is 15.4 Å². The zero-order valence-corrected chi connectivity index (χ0v) is 15.9. The molecule has 0 aliphatic heterocycles. The Labute approximate surface area is 155 Å². The van der Waals surface area contributed by atoms with Gasteiger partial charge in [-0.2, -0.15) is 0 Å². The van der Waals surface area contributed by atoms with E-state index in [0.717, 1.165) is 16.9 Å². The van der Waals surface area contributed by atoms with Gasteiger partial charge < -0.3 is 10.5 Å². The summed E-state index contributed by atoms with van der Waals surface area (Å²) in [6, 6.07) is 5.47. The Morgan fingerprint density at radius 1 is 1.40 bits per heavy atom. The van der Waals surface area contributed by atoms with Crippen LogP contribution in [0.2, 0.25) is 4.34 Å². The Kier molecular flexibility index (Phi) is 6.39. The van der Waals surface area contributed by atoms with E-state index < -0.39 is 18.2 Å². The van der Waals surface area contributed by atoms with Crippen LogP contribution in [-0.4, -0.2) is 23.4 Å². The van der Waals surface area contributed by atoms with Gasteiger partial charge in [0.2, 0.25) is 11.8 Å². The summed E-state index contributed by atoms with van der Waals surface area (Å²) < 4.78 is 6.31. The fourth-order valence-corrected chi connectivity index (χ4v) is 3.03. The molecular formula is C17H20ClN3O3S. The van der Waals surface area contributed by atoms with Crippen LogP contribution in [0.25, 0.3) is 0 Å². The third-order valence-electron chi connectivity index (χ3n) is 3.16. The first-order chi connectivity index (χ1) is 11.8. The van der Waals surface area contributed by atoms with Crippen molar-refractivity contribution in [3.8, 4) is 5.75 Å². The van der Waals surface area contributed by atoms with Gasteiger partial charge in [0.05, 0.1) is 18.5 Å². The van der Waals surface area contributed by atoms with Crippen LogP contribution >= 0.6 is 22.9 Å². The fraction of sp³-hybridized carbons (Fsp3) is 0.353. The number of carbonyl (C=O) groups is 2. The number of nitrogens with zero attached hydrogens (tertiary/aromatic N) is 2. The Balaban J connectivity index is 2.49. The molecule has 0 fully saturated rings. The number of halogens is 1. The molecule has 0 aliphatic carbocycles. The topological polar surface area (TPSA) is 85.5 Å². The molecular weight excluding hydrogens is 362 g/mol. The molecule has 8 heteroatoms. The highest BCUT2D eigenvalue weighted by molar-refractivity contribution is 7.19. The molecule has 2 aromatic rings. The maximum atomic E-state index is 12.6. The summed E-state index contributed by atoms with van der Waals surface area (Å²) in [5.74, 6) is -0.346. The SMILES string of the molecule is Cc1ccc(N(C(=O)CC(N)=O)c2ncc(Cl)s2)c(OCC(C)C)c1. The highest BCUT2D eigenvalue weighted by atomic mass is 35.5. The van der Waals surface area contributed by atoms with Gasteiger partial charge in [-0.15, -0.1) is 0 Å². The van der Waals surface area contributed by atoms with Crippen LogP contribution in [0.3, 0.4) is 0 Å². The summed E-state index contributed by atoms with van der Waals surface area (Å²) in [5.41, 5.74) is 6.68. The number of benzene rings is 1. The summed E-state index contributed by atoms with van der Waals surface area (Å²) in [4.78, 5) is 29.4. The largest absolute Gasteiger partial charge is 0.491 e. The lowest BCUT2D eigenvalue weighted by Gasteiger charge is -2.23. The minimum Gasteiger partial charge on any atom is -0.491 e. The molecule has 2 N–H and O–H groups in total. The number of rotatable bonds is 7. The predicted molar refractivity (Wildman–Crippen MR) is 99.6 cm³/mol. The van der Waals surface area contributed by atoms with Crippen LogP contribution in [0.1, 0.15) is 25.8 Å². The van der Waals surface area contributed by atoms with E-state index in [1.165, 1.54) is 11.1 Å². The Morgan fingerprint density at radius 2 is 2.12 bits per heavy atom. The Morgan fingerprint density at radius 3 is 2.68 bits per heavy atom. The molecule has 0 spiro atoms. The van der Waals surface area contributed by atoms with Crippen molar-refractivity contribution in [1.29, 1.82) is 0 Å². The van der Waals surface area contributed by atoms with Gasteiger partial charge >= 0.3 is 0 Å². The van der Waals surface area contributed by atoms with Crippen molar-refractivity contribution in [1.82, 2.24) is 4.98 Å². The standard InChI is InChI=1S/C17H20ClN3O3S/c1-10(2)9-24-13-6-11(3)4-5-12(13)21(16(23)7-15(19)22)17-20-8-14(18)25-17/h4-6,8,10H,7,9H2,1-3H3,(H2,19,22). The lowest BCUT2D eigenvalue weighted by molar-refractivity contribution is -0.125. The summed E-state index contributed by atoms with van der Waals surface area (Å²) in [5, 5.41) is 0.356. The van der Waals surface area contributed by atoms with E-state index in [-0.39, 0.29) is 0 Å². The van der Waals surface area contributed by atoms with Crippen molar-refractivity contribution in [2.75, 3.05) is 11.5 Å². The van der Waals surface area contributed by atoms with Crippen LogP contribution in [0, 0.1) is 12.8 Å². The Hall–Kier alpha value is -2.12. The van der Waals surface area contributed by atoms with Gasteiger partial charge in [0.1, 0.15) is 16.5 Å². The molecule has 1 heterocycles. The monoisotopic (exact) mass is 381 g/mol. The highest BCUT2D eigenvalue weighted by Crippen LogP contribution is 2.38. The maximum absolute atomic E-state index is 12.6. The normalized spacial score (nSPS) is 10.8. The van der Waals surface area contributed by atoms with E-state index in [0.29, 0.717) is 33.4 Å². The van der Waals surface area contributed by atoms with Crippen molar-refractivity contribution >= 4 is 45.6 Å². The number of hydrogen-bond donors (Lipinski definition) is 1. The average Bonchev–Trinajstić information content (AvgIpc) is 2.92. The second-order valence-electron chi connectivity index (χ2n) is 6.00. The molecule has 0 radical (unpaired) electrons. The summed E-state index contributed by atoms with van der Waals surface area (Å²) in [6.45, 7) is 6.49. The lowest BCUT2D eigenvalue weighted by atomic mass is 10.2. The van der Waals surface area contributed by atoms with Gasteiger partial charge in [0.25, 0.3) is 0 Å². The first-order valence-electron chi connectivity index (χ1n) is 7.74. The number of nitrogens with two attached hydrogens (primary N) is 1. The van der Waals surface area contributed by atoms with E-state index >= 15 is 0 Å². The number of primary amides is 1. The van der Waals surface area contributed by atoms with E-state index in [1.807, 2.05) is 32.9 Å². The third kappa shape index (κ3) is 5.17. The number of thiazole rings is 1. The number of amides is 2. The van der Waals surface area contributed by atoms with Crippen molar-refractivity contribution in [3.63, 3.8) is 0 Å². The maximum Gasteiger partial charge on any atom is 0.242 e. The van der Waals surface area contributed by atoms with Crippen LogP contribution in [0.4, 0.5) is 10.8 Å². The van der Waals surface area contributed by atoms with Gasteiger partial charge in [-0.05, 0) is 30.5 Å². The average molecular weight is 382 g/mol. The van der Waals surface area contributed by atoms with E-state index in [4.69, 9.17) is 22.1 Å². The van der Waals surface area contributed by atoms with Crippen molar-refractivity contribution < 1.29 is 14.3 Å². The molecule has 2 rings (SSSR count). The third-order valence-corrected chi connectivity index (χ3v) is 4.26. The highest BCUT2D eigenvalue weighted by Gasteiger charge is 2.25.